The van der Waals surface area contributed by atoms with Crippen molar-refractivity contribution in [2.45, 2.75) is 10.6 Å². The Bertz CT molecular complexity index is 611. The number of methoxy groups -OCH3 is 1. The second-order valence-corrected chi connectivity index (χ2v) is 5.13. The van der Waals surface area contributed by atoms with Gasteiger partial charge < -0.3 is 9.84 Å². The van der Waals surface area contributed by atoms with Crippen LogP contribution in [0.3, 0.4) is 0 Å². The Kier molecular flexibility index (Phi) is 4.63. The largest absolute Gasteiger partial charge is 0.497 e. The van der Waals surface area contributed by atoms with Crippen molar-refractivity contribution in [2.75, 3.05) is 7.11 Å². The molecule has 0 saturated carbocycles. The van der Waals surface area contributed by atoms with Gasteiger partial charge in [-0.3, -0.25) is 0 Å². The van der Waals surface area contributed by atoms with E-state index in [0.717, 1.165) is 16.2 Å². The first-order valence-electron chi connectivity index (χ1n) is 5.88. The predicted molar refractivity (Wildman–Crippen MR) is 75.9 cm³/mol. The predicted octanol–water partition coefficient (Wildman–Crippen LogP) is 3.82. The first-order valence-corrected chi connectivity index (χ1v) is 6.87. The van der Waals surface area contributed by atoms with Crippen LogP contribution in [0.2, 0.25) is 0 Å². The lowest BCUT2D eigenvalue weighted by atomic mass is 10.1. The SMILES string of the molecule is COc1ccc(SCc2ccc(F)c(C(=O)O)c2)cc1. The van der Waals surface area contributed by atoms with Gasteiger partial charge in [-0.15, -0.1) is 11.8 Å². The molecule has 0 amide bonds. The van der Waals surface area contributed by atoms with E-state index in [1.165, 1.54) is 12.1 Å². The third-order valence-corrected chi connectivity index (χ3v) is 3.81. The fraction of sp³-hybridized carbons (Fsp3) is 0.133. The number of aromatic carboxylic acids is 1. The van der Waals surface area contributed by atoms with Crippen molar-refractivity contribution >= 4 is 17.7 Å². The minimum atomic E-state index is -1.25. The van der Waals surface area contributed by atoms with E-state index >= 15 is 0 Å². The molecule has 0 atom stereocenters. The molecule has 0 bridgehead atoms. The highest BCUT2D eigenvalue weighted by molar-refractivity contribution is 7.98. The van der Waals surface area contributed by atoms with Crippen LogP contribution in [0.5, 0.6) is 5.75 Å². The molecule has 1 N–H and O–H groups in total. The number of carboxylic acids is 1. The molecular formula is C15H13FO3S. The number of halogens is 1. The highest BCUT2D eigenvalue weighted by atomic mass is 32.2. The summed E-state index contributed by atoms with van der Waals surface area (Å²) < 4.78 is 18.3. The maximum atomic E-state index is 13.3. The Balaban J connectivity index is 2.06. The number of benzene rings is 2. The summed E-state index contributed by atoms with van der Waals surface area (Å²) >= 11 is 1.55. The zero-order valence-corrected chi connectivity index (χ0v) is 11.6. The first kappa shape index (κ1) is 14.4. The van der Waals surface area contributed by atoms with Crippen molar-refractivity contribution in [2.24, 2.45) is 0 Å². The highest BCUT2D eigenvalue weighted by Crippen LogP contribution is 2.25. The summed E-state index contributed by atoms with van der Waals surface area (Å²) in [5.74, 6) is -0.605. The number of thioether (sulfide) groups is 1. The molecule has 20 heavy (non-hydrogen) atoms. The molecule has 5 heteroatoms. The van der Waals surface area contributed by atoms with Crippen LogP contribution in [0.4, 0.5) is 4.39 Å². The average Bonchev–Trinajstić information content (AvgIpc) is 2.46. The van der Waals surface area contributed by atoms with Gasteiger partial charge in [0.05, 0.1) is 12.7 Å². The Morgan fingerprint density at radius 3 is 2.55 bits per heavy atom. The third-order valence-electron chi connectivity index (χ3n) is 2.73. The number of carboxylic acid groups (broad SMARTS) is 1. The molecule has 0 unspecified atom stereocenters. The van der Waals surface area contributed by atoms with Crippen LogP contribution in [-0.4, -0.2) is 18.2 Å². The second kappa shape index (κ2) is 6.43. The van der Waals surface area contributed by atoms with Gasteiger partial charge in [0.25, 0.3) is 0 Å². The minimum Gasteiger partial charge on any atom is -0.497 e. The smallest absolute Gasteiger partial charge is 0.338 e. The molecule has 0 radical (unpaired) electrons. The molecule has 2 rings (SSSR count). The zero-order chi connectivity index (χ0) is 14.5. The average molecular weight is 292 g/mol. The van der Waals surface area contributed by atoms with Crippen molar-refractivity contribution in [3.05, 3.63) is 59.4 Å². The molecular weight excluding hydrogens is 279 g/mol. The summed E-state index contributed by atoms with van der Waals surface area (Å²) in [5, 5.41) is 8.87. The fourth-order valence-electron chi connectivity index (χ4n) is 1.66. The molecule has 0 aliphatic rings. The number of carbonyl (C=O) groups is 1. The molecule has 0 aliphatic carbocycles. The molecule has 2 aromatic carbocycles. The Morgan fingerprint density at radius 1 is 1.25 bits per heavy atom. The summed E-state index contributed by atoms with van der Waals surface area (Å²) in [6.45, 7) is 0. The molecule has 2 aromatic rings. The van der Waals surface area contributed by atoms with E-state index in [1.54, 1.807) is 24.9 Å². The lowest BCUT2D eigenvalue weighted by Crippen LogP contribution is -2.01. The van der Waals surface area contributed by atoms with Gasteiger partial charge in [0.15, 0.2) is 0 Å². The molecule has 0 fully saturated rings. The number of rotatable bonds is 5. The summed E-state index contributed by atoms with van der Waals surface area (Å²) in [4.78, 5) is 11.9. The molecule has 0 spiro atoms. The fourth-order valence-corrected chi connectivity index (χ4v) is 2.51. The van der Waals surface area contributed by atoms with Gasteiger partial charge in [-0.25, -0.2) is 9.18 Å². The van der Waals surface area contributed by atoms with Crippen molar-refractivity contribution in [1.29, 1.82) is 0 Å². The van der Waals surface area contributed by atoms with Crippen molar-refractivity contribution in [3.63, 3.8) is 0 Å². The topological polar surface area (TPSA) is 46.5 Å². The monoisotopic (exact) mass is 292 g/mol. The van der Waals surface area contributed by atoms with Crippen LogP contribution in [0, 0.1) is 5.82 Å². The van der Waals surface area contributed by atoms with E-state index < -0.39 is 11.8 Å². The third kappa shape index (κ3) is 3.51. The standard InChI is InChI=1S/C15H13FO3S/c1-19-11-3-5-12(6-4-11)20-9-10-2-7-14(16)13(8-10)15(17)18/h2-8H,9H2,1H3,(H,17,18). The summed E-state index contributed by atoms with van der Waals surface area (Å²) in [7, 11) is 1.61. The number of ether oxygens (including phenoxy) is 1. The highest BCUT2D eigenvalue weighted by Gasteiger charge is 2.10. The van der Waals surface area contributed by atoms with Gasteiger partial charge in [-0.05, 0) is 42.0 Å². The van der Waals surface area contributed by atoms with E-state index in [4.69, 9.17) is 9.84 Å². The molecule has 0 saturated heterocycles. The Labute approximate surface area is 120 Å². The van der Waals surface area contributed by atoms with Gasteiger partial charge in [-0.1, -0.05) is 6.07 Å². The van der Waals surface area contributed by atoms with Crippen molar-refractivity contribution in [1.82, 2.24) is 0 Å². The molecule has 0 aliphatic heterocycles. The summed E-state index contributed by atoms with van der Waals surface area (Å²) in [5.41, 5.74) is 0.474. The lowest BCUT2D eigenvalue weighted by Gasteiger charge is -2.05. The quantitative estimate of drug-likeness (QED) is 0.851. The van der Waals surface area contributed by atoms with Gasteiger partial charge in [0.1, 0.15) is 11.6 Å². The van der Waals surface area contributed by atoms with Crippen molar-refractivity contribution < 1.29 is 19.0 Å². The summed E-state index contributed by atoms with van der Waals surface area (Å²) in [6, 6.07) is 11.7. The second-order valence-electron chi connectivity index (χ2n) is 4.08. The van der Waals surface area contributed by atoms with Crippen LogP contribution in [0.15, 0.2) is 47.4 Å². The van der Waals surface area contributed by atoms with Crippen LogP contribution >= 0.6 is 11.8 Å². The van der Waals surface area contributed by atoms with Crippen LogP contribution in [0.25, 0.3) is 0 Å². The van der Waals surface area contributed by atoms with Gasteiger partial charge in [0.2, 0.25) is 0 Å². The molecule has 0 aromatic heterocycles. The van der Waals surface area contributed by atoms with Crippen LogP contribution in [0.1, 0.15) is 15.9 Å². The van der Waals surface area contributed by atoms with Gasteiger partial charge in [-0.2, -0.15) is 0 Å². The van der Waals surface area contributed by atoms with E-state index in [9.17, 15) is 9.18 Å². The van der Waals surface area contributed by atoms with Crippen molar-refractivity contribution in [3.8, 4) is 5.75 Å². The molecule has 0 heterocycles. The maximum absolute atomic E-state index is 13.3. The lowest BCUT2D eigenvalue weighted by molar-refractivity contribution is 0.0692. The zero-order valence-electron chi connectivity index (χ0n) is 10.8. The molecule has 3 nitrogen and oxygen atoms in total. The van der Waals surface area contributed by atoms with Crippen LogP contribution in [-0.2, 0) is 5.75 Å². The van der Waals surface area contributed by atoms with E-state index in [1.807, 2.05) is 24.3 Å². The Morgan fingerprint density at radius 2 is 1.95 bits per heavy atom. The Hall–Kier alpha value is -2.01. The van der Waals surface area contributed by atoms with E-state index in [2.05, 4.69) is 0 Å². The maximum Gasteiger partial charge on any atom is 0.338 e. The van der Waals surface area contributed by atoms with E-state index in [0.29, 0.717) is 5.75 Å². The summed E-state index contributed by atoms with van der Waals surface area (Å²) in [6.07, 6.45) is 0. The van der Waals surface area contributed by atoms with Gasteiger partial charge >= 0.3 is 5.97 Å². The number of hydrogen-bond donors (Lipinski definition) is 1. The normalized spacial score (nSPS) is 10.3. The first-order chi connectivity index (χ1) is 9.60. The number of hydrogen-bond acceptors (Lipinski definition) is 3. The minimum absolute atomic E-state index is 0.294. The van der Waals surface area contributed by atoms with E-state index in [-0.39, 0.29) is 5.56 Å². The van der Waals surface area contributed by atoms with Crippen LogP contribution < -0.4 is 4.74 Å². The van der Waals surface area contributed by atoms with Gasteiger partial charge in [0, 0.05) is 10.6 Å². The molecule has 104 valence electrons.